The lowest BCUT2D eigenvalue weighted by Crippen LogP contribution is -2.26. The van der Waals surface area contributed by atoms with Crippen LogP contribution in [-0.4, -0.2) is 37.7 Å². The summed E-state index contributed by atoms with van der Waals surface area (Å²) in [7, 11) is 1.53. The third-order valence-corrected chi connectivity index (χ3v) is 1.98. The predicted molar refractivity (Wildman–Crippen MR) is 57.3 cm³/mol. The van der Waals surface area contributed by atoms with Crippen molar-refractivity contribution in [2.24, 2.45) is 0 Å². The van der Waals surface area contributed by atoms with Gasteiger partial charge in [-0.05, 0) is 12.1 Å². The molecule has 0 radical (unpaired) electrons. The molecule has 0 unspecified atom stereocenters. The first-order valence-corrected chi connectivity index (χ1v) is 4.77. The number of nitrogens with one attached hydrogen (secondary N) is 1. The van der Waals surface area contributed by atoms with E-state index in [2.05, 4.69) is 5.32 Å². The van der Waals surface area contributed by atoms with Crippen LogP contribution in [0.4, 0.5) is 0 Å². The van der Waals surface area contributed by atoms with E-state index in [0.29, 0.717) is 17.9 Å². The van der Waals surface area contributed by atoms with Crippen LogP contribution in [0.3, 0.4) is 0 Å². The number of rotatable bonds is 6. The Kier molecular flexibility index (Phi) is 4.80. The topological polar surface area (TPSA) is 58.6 Å². The van der Waals surface area contributed by atoms with E-state index >= 15 is 0 Å². The summed E-state index contributed by atoms with van der Waals surface area (Å²) in [4.78, 5) is 11.7. The summed E-state index contributed by atoms with van der Waals surface area (Å²) in [6.07, 6.45) is 0. The Bertz CT molecular complexity index is 325. The molecule has 4 nitrogen and oxygen atoms in total. The lowest BCUT2D eigenvalue weighted by Gasteiger charge is -2.07. The Balaban J connectivity index is 2.64. The Morgan fingerprint density at radius 1 is 1.47 bits per heavy atom. The SMILES string of the molecule is COc1ccccc1C(=O)CNCCO. The van der Waals surface area contributed by atoms with Crippen LogP contribution in [0.15, 0.2) is 24.3 Å². The Labute approximate surface area is 88.9 Å². The highest BCUT2D eigenvalue weighted by Gasteiger charge is 2.10. The summed E-state index contributed by atoms with van der Waals surface area (Å²) in [6.45, 7) is 0.654. The number of para-hydroxylation sites is 1. The second-order valence-electron chi connectivity index (χ2n) is 3.02. The normalized spacial score (nSPS) is 10.0. The molecule has 2 N–H and O–H groups in total. The smallest absolute Gasteiger partial charge is 0.180 e. The van der Waals surface area contributed by atoms with E-state index in [9.17, 15) is 4.79 Å². The fraction of sp³-hybridized carbons (Fsp3) is 0.364. The highest BCUT2D eigenvalue weighted by atomic mass is 16.5. The molecule has 0 heterocycles. The van der Waals surface area contributed by atoms with Gasteiger partial charge in [-0.3, -0.25) is 4.79 Å². The summed E-state index contributed by atoms with van der Waals surface area (Å²) in [5.74, 6) is 0.536. The monoisotopic (exact) mass is 209 g/mol. The van der Waals surface area contributed by atoms with Gasteiger partial charge in [0.1, 0.15) is 5.75 Å². The molecule has 0 spiro atoms. The Morgan fingerprint density at radius 3 is 2.87 bits per heavy atom. The number of methoxy groups -OCH3 is 1. The number of aliphatic hydroxyl groups excluding tert-OH is 1. The van der Waals surface area contributed by atoms with Crippen LogP contribution in [-0.2, 0) is 0 Å². The zero-order valence-corrected chi connectivity index (χ0v) is 8.69. The standard InChI is InChI=1S/C11H15NO3/c1-15-11-5-3-2-4-9(11)10(14)8-12-6-7-13/h2-5,12-13H,6-8H2,1H3. The average Bonchev–Trinajstić information content (AvgIpc) is 2.29. The first-order valence-electron chi connectivity index (χ1n) is 4.77. The van der Waals surface area contributed by atoms with Crippen molar-refractivity contribution >= 4 is 5.78 Å². The van der Waals surface area contributed by atoms with Crippen molar-refractivity contribution in [3.05, 3.63) is 29.8 Å². The van der Waals surface area contributed by atoms with Crippen molar-refractivity contribution in [2.75, 3.05) is 26.8 Å². The predicted octanol–water partition coefficient (Wildman–Crippen LogP) is 0.460. The van der Waals surface area contributed by atoms with Crippen LogP contribution in [0, 0.1) is 0 Å². The molecule has 4 heteroatoms. The first-order chi connectivity index (χ1) is 7.29. The maximum absolute atomic E-state index is 11.7. The maximum atomic E-state index is 11.7. The van der Waals surface area contributed by atoms with E-state index in [1.807, 2.05) is 6.07 Å². The molecule has 82 valence electrons. The van der Waals surface area contributed by atoms with E-state index in [-0.39, 0.29) is 18.9 Å². The number of benzene rings is 1. The van der Waals surface area contributed by atoms with Crippen molar-refractivity contribution in [1.82, 2.24) is 5.32 Å². The van der Waals surface area contributed by atoms with Crippen molar-refractivity contribution in [3.8, 4) is 5.75 Å². The maximum Gasteiger partial charge on any atom is 0.180 e. The molecule has 0 atom stereocenters. The number of carbonyl (C=O) groups excluding carboxylic acids is 1. The third kappa shape index (κ3) is 3.34. The summed E-state index contributed by atoms with van der Waals surface area (Å²) < 4.78 is 5.07. The minimum Gasteiger partial charge on any atom is -0.496 e. The van der Waals surface area contributed by atoms with Gasteiger partial charge in [0, 0.05) is 6.54 Å². The quantitative estimate of drug-likeness (QED) is 0.528. The molecule has 1 aromatic rings. The molecule has 0 aliphatic rings. The molecule has 1 aromatic carbocycles. The van der Waals surface area contributed by atoms with E-state index in [0.717, 1.165) is 0 Å². The highest BCUT2D eigenvalue weighted by molar-refractivity contribution is 6.00. The second kappa shape index (κ2) is 6.16. The van der Waals surface area contributed by atoms with Gasteiger partial charge >= 0.3 is 0 Å². The lowest BCUT2D eigenvalue weighted by molar-refractivity contribution is 0.0987. The van der Waals surface area contributed by atoms with E-state index in [1.54, 1.807) is 18.2 Å². The first kappa shape index (κ1) is 11.7. The number of ketones is 1. The molecule has 0 bridgehead atoms. The Hall–Kier alpha value is -1.39. The summed E-state index contributed by atoms with van der Waals surface area (Å²) >= 11 is 0. The van der Waals surface area contributed by atoms with Gasteiger partial charge in [-0.25, -0.2) is 0 Å². The van der Waals surface area contributed by atoms with Gasteiger partial charge in [0.25, 0.3) is 0 Å². The second-order valence-corrected chi connectivity index (χ2v) is 3.02. The number of hydrogen-bond acceptors (Lipinski definition) is 4. The van der Waals surface area contributed by atoms with E-state index in [4.69, 9.17) is 9.84 Å². The number of Topliss-reactive ketones (excluding diaryl/α,β-unsaturated/α-hetero) is 1. The summed E-state index contributed by atoms with van der Waals surface area (Å²) in [5, 5.41) is 11.4. The van der Waals surface area contributed by atoms with Crippen molar-refractivity contribution < 1.29 is 14.6 Å². The molecule has 0 aliphatic heterocycles. The van der Waals surface area contributed by atoms with Gasteiger partial charge < -0.3 is 15.2 Å². The fourth-order valence-electron chi connectivity index (χ4n) is 1.25. The minimum absolute atomic E-state index is 0.0270. The van der Waals surface area contributed by atoms with Gasteiger partial charge in [0.15, 0.2) is 5.78 Å². The third-order valence-electron chi connectivity index (χ3n) is 1.98. The molecule has 0 saturated heterocycles. The van der Waals surface area contributed by atoms with Crippen LogP contribution in [0.2, 0.25) is 0 Å². The van der Waals surface area contributed by atoms with Gasteiger partial charge in [-0.1, -0.05) is 12.1 Å². The van der Waals surface area contributed by atoms with Gasteiger partial charge in [-0.2, -0.15) is 0 Å². The molecule has 0 fully saturated rings. The minimum atomic E-state index is -0.0408. The number of hydrogen-bond donors (Lipinski definition) is 2. The van der Waals surface area contributed by atoms with E-state index < -0.39 is 0 Å². The molecule has 0 saturated carbocycles. The van der Waals surface area contributed by atoms with Crippen LogP contribution in [0.1, 0.15) is 10.4 Å². The molecule has 0 amide bonds. The van der Waals surface area contributed by atoms with Crippen molar-refractivity contribution in [3.63, 3.8) is 0 Å². The van der Waals surface area contributed by atoms with E-state index in [1.165, 1.54) is 7.11 Å². The molecule has 15 heavy (non-hydrogen) atoms. The Morgan fingerprint density at radius 2 is 2.20 bits per heavy atom. The number of ether oxygens (including phenoxy) is 1. The molecular formula is C11H15NO3. The summed E-state index contributed by atoms with van der Waals surface area (Å²) in [6, 6.07) is 7.08. The van der Waals surface area contributed by atoms with Crippen LogP contribution < -0.4 is 10.1 Å². The largest absolute Gasteiger partial charge is 0.496 e. The highest BCUT2D eigenvalue weighted by Crippen LogP contribution is 2.17. The van der Waals surface area contributed by atoms with Gasteiger partial charge in [-0.15, -0.1) is 0 Å². The average molecular weight is 209 g/mol. The zero-order chi connectivity index (χ0) is 11.1. The molecule has 0 aromatic heterocycles. The van der Waals surface area contributed by atoms with Gasteiger partial charge in [0.2, 0.25) is 0 Å². The van der Waals surface area contributed by atoms with Crippen LogP contribution >= 0.6 is 0 Å². The fourth-order valence-corrected chi connectivity index (χ4v) is 1.25. The molecule has 0 aliphatic carbocycles. The number of carbonyl (C=O) groups is 1. The number of aliphatic hydroxyl groups is 1. The van der Waals surface area contributed by atoms with Crippen molar-refractivity contribution in [1.29, 1.82) is 0 Å². The van der Waals surface area contributed by atoms with Crippen molar-refractivity contribution in [2.45, 2.75) is 0 Å². The zero-order valence-electron chi connectivity index (χ0n) is 8.69. The lowest BCUT2D eigenvalue weighted by atomic mass is 10.1. The molecule has 1 rings (SSSR count). The summed E-state index contributed by atoms with van der Waals surface area (Å²) in [5.41, 5.74) is 0.561. The molecular weight excluding hydrogens is 194 g/mol. The van der Waals surface area contributed by atoms with Crippen LogP contribution in [0.5, 0.6) is 5.75 Å². The van der Waals surface area contributed by atoms with Crippen LogP contribution in [0.25, 0.3) is 0 Å². The van der Waals surface area contributed by atoms with Gasteiger partial charge in [0.05, 0.1) is 25.8 Å².